The number of amides is 8. The van der Waals surface area contributed by atoms with Gasteiger partial charge in [0.15, 0.2) is 5.96 Å². The lowest BCUT2D eigenvalue weighted by atomic mass is 9.98. The summed E-state index contributed by atoms with van der Waals surface area (Å²) in [7, 11) is 2.84. The van der Waals surface area contributed by atoms with Gasteiger partial charge in [0.05, 0.1) is 12.6 Å². The van der Waals surface area contributed by atoms with E-state index in [1.807, 2.05) is 39.0 Å². The van der Waals surface area contributed by atoms with Crippen molar-refractivity contribution >= 4 is 53.2 Å². The summed E-state index contributed by atoms with van der Waals surface area (Å²) < 4.78 is 0. The first-order chi connectivity index (χ1) is 34.6. The molecule has 0 fully saturated rings. The summed E-state index contributed by atoms with van der Waals surface area (Å²) >= 11 is 0. The van der Waals surface area contributed by atoms with Crippen molar-refractivity contribution in [3.05, 3.63) is 95.8 Å². The number of guanidine groups is 1. The van der Waals surface area contributed by atoms with Gasteiger partial charge in [0.25, 0.3) is 0 Å². The minimum Gasteiger partial charge on any atom is -0.508 e. The first-order valence-corrected chi connectivity index (χ1v) is 24.5. The molecule has 2 aromatic carbocycles. The number of aromatic nitrogens is 1. The molecule has 0 aliphatic rings. The summed E-state index contributed by atoms with van der Waals surface area (Å²) in [5, 5.41) is 33.2. The number of carbonyl (C=O) groups excluding carboxylic acids is 8. The van der Waals surface area contributed by atoms with Crippen molar-refractivity contribution in [2.24, 2.45) is 23.1 Å². The lowest BCUT2D eigenvalue weighted by Gasteiger charge is -2.34. The first kappa shape index (κ1) is 59.7. The summed E-state index contributed by atoms with van der Waals surface area (Å²) in [6.07, 6.45) is 5.04. The highest BCUT2D eigenvalue weighted by molar-refractivity contribution is 5.97. The third-order valence-electron chi connectivity index (χ3n) is 12.1. The minimum atomic E-state index is -1.28. The molecule has 0 aliphatic carbocycles. The van der Waals surface area contributed by atoms with Gasteiger partial charge < -0.3 is 64.0 Å². The molecule has 14 N–H and O–H groups in total. The van der Waals surface area contributed by atoms with Crippen molar-refractivity contribution in [3.63, 3.8) is 0 Å². The van der Waals surface area contributed by atoms with Crippen LogP contribution in [-0.4, -0.2) is 143 Å². The van der Waals surface area contributed by atoms with E-state index in [1.54, 1.807) is 36.4 Å². The number of primary amides is 1. The van der Waals surface area contributed by atoms with Crippen LogP contribution in [0.15, 0.2) is 79.1 Å². The van der Waals surface area contributed by atoms with E-state index in [0.29, 0.717) is 24.0 Å². The average Bonchev–Trinajstić information content (AvgIpc) is 3.36. The molecule has 0 spiro atoms. The zero-order valence-corrected chi connectivity index (χ0v) is 42.7. The number of nitrogens with one attached hydrogen (secondary N) is 7. The number of hydrogen-bond donors (Lipinski definition) is 11. The van der Waals surface area contributed by atoms with Gasteiger partial charge in [-0.25, -0.2) is 0 Å². The number of likely N-dealkylation sites (N-methyl/N-ethyl adjacent to an activating group) is 2. The SMILES string of the molecule is CCCC[C@H](NC(=O)[C@H](CC(C)C)N(C)C(=O)[C@H](Cc1ccccc1)NC(=O)[C@@H](N)Cc1ccc(O)cc1)C(=O)N[C@@H](Cc1ccncc1)C(=O)N(C)[C@@H](C)C(=O)N[C@@H](CCCNC(=N)N)C(=O)NCC(N)=O. The number of nitrogens with zero attached hydrogens (tertiary/aromatic N) is 3. The number of carbonyl (C=O) groups is 8. The molecular formula is C51H75N13O9. The molecule has 22 heteroatoms. The van der Waals surface area contributed by atoms with Crippen LogP contribution in [0.4, 0.5) is 0 Å². The number of nitrogens with two attached hydrogens (primary N) is 3. The summed E-state index contributed by atoms with van der Waals surface area (Å²) in [5.41, 5.74) is 19.0. The number of benzene rings is 2. The molecule has 7 atom stereocenters. The van der Waals surface area contributed by atoms with Gasteiger partial charge in [0.2, 0.25) is 47.3 Å². The highest BCUT2D eigenvalue weighted by Gasteiger charge is 2.37. The van der Waals surface area contributed by atoms with E-state index in [2.05, 4.69) is 36.9 Å². The van der Waals surface area contributed by atoms with Crippen molar-refractivity contribution in [3.8, 4) is 5.75 Å². The maximum absolute atomic E-state index is 14.6. The summed E-state index contributed by atoms with van der Waals surface area (Å²) in [5.74, 6) is -5.76. The van der Waals surface area contributed by atoms with Crippen LogP contribution < -0.4 is 49.1 Å². The Morgan fingerprint density at radius 3 is 1.73 bits per heavy atom. The third kappa shape index (κ3) is 20.6. The zero-order valence-electron chi connectivity index (χ0n) is 42.7. The normalized spacial score (nSPS) is 13.9. The molecule has 0 saturated heterocycles. The van der Waals surface area contributed by atoms with Crippen molar-refractivity contribution in [1.82, 2.24) is 46.7 Å². The van der Waals surface area contributed by atoms with Crippen LogP contribution in [-0.2, 0) is 57.6 Å². The number of unbranched alkanes of at least 4 members (excludes halogenated alkanes) is 1. The van der Waals surface area contributed by atoms with Gasteiger partial charge in [0, 0.05) is 45.9 Å². The van der Waals surface area contributed by atoms with Crippen LogP contribution in [0.5, 0.6) is 5.75 Å². The van der Waals surface area contributed by atoms with E-state index in [-0.39, 0.29) is 69.1 Å². The Balaban J connectivity index is 1.89. The largest absolute Gasteiger partial charge is 0.508 e. The Labute approximate surface area is 427 Å². The second-order valence-corrected chi connectivity index (χ2v) is 18.5. The number of pyridine rings is 1. The van der Waals surface area contributed by atoms with Gasteiger partial charge in [-0.2, -0.15) is 0 Å². The van der Waals surface area contributed by atoms with Gasteiger partial charge in [-0.3, -0.25) is 48.7 Å². The summed E-state index contributed by atoms with van der Waals surface area (Å²) in [4.78, 5) is 116. The number of aromatic hydroxyl groups is 1. The van der Waals surface area contributed by atoms with E-state index >= 15 is 0 Å². The zero-order chi connectivity index (χ0) is 54.2. The van der Waals surface area contributed by atoms with Gasteiger partial charge in [-0.15, -0.1) is 0 Å². The van der Waals surface area contributed by atoms with E-state index in [9.17, 15) is 43.5 Å². The Morgan fingerprint density at radius 2 is 1.15 bits per heavy atom. The Morgan fingerprint density at radius 1 is 0.630 bits per heavy atom. The number of phenols is 1. The van der Waals surface area contributed by atoms with Gasteiger partial charge in [0.1, 0.15) is 42.0 Å². The molecule has 0 bridgehead atoms. The van der Waals surface area contributed by atoms with Crippen LogP contribution in [0.2, 0.25) is 0 Å². The summed E-state index contributed by atoms with van der Waals surface area (Å²) in [6.45, 7) is 6.83. The fourth-order valence-corrected chi connectivity index (χ4v) is 7.77. The van der Waals surface area contributed by atoms with Crippen molar-refractivity contribution in [2.45, 2.75) is 128 Å². The molecule has 0 saturated carbocycles. The highest BCUT2D eigenvalue weighted by Crippen LogP contribution is 2.17. The van der Waals surface area contributed by atoms with Crippen LogP contribution in [0.3, 0.4) is 0 Å². The van der Waals surface area contributed by atoms with Crippen LogP contribution in [0, 0.1) is 11.3 Å². The lowest BCUT2D eigenvalue weighted by Crippen LogP contribution is -2.60. The predicted octanol–water partition coefficient (Wildman–Crippen LogP) is -0.143. The van der Waals surface area contributed by atoms with Gasteiger partial charge >= 0.3 is 0 Å². The number of hydrogen-bond acceptors (Lipinski definition) is 12. The summed E-state index contributed by atoms with van der Waals surface area (Å²) in [6, 6.07) is 10.5. The number of phenolic OH excluding ortho intramolecular Hbond substituents is 1. The lowest BCUT2D eigenvalue weighted by molar-refractivity contribution is -0.144. The molecule has 0 radical (unpaired) electrons. The van der Waals surface area contributed by atoms with E-state index in [1.165, 1.54) is 50.4 Å². The van der Waals surface area contributed by atoms with Gasteiger partial charge in [-0.1, -0.05) is 76.1 Å². The standard InChI is InChI=1S/C51H75N13O9/c1-7-8-15-39(60-48(71)42(26-31(2)3)64(6)50(73)41(28-33-13-10-9-11-14-33)61-45(68)37(52)27-34-17-19-36(65)20-18-34)47(70)62-40(29-35-21-24-56-25-22-35)49(72)63(5)32(4)44(67)59-38(16-12-23-57-51(54)55)46(69)58-30-43(53)66/h9-11,13-14,17-22,24-25,31-32,37-42,65H,7-8,12,15-16,23,26-30,52H2,1-6H3,(H2,53,66)(H,58,69)(H,59,67)(H,60,71)(H,61,68)(H,62,70)(H4,54,55,57)/t32-,37-,38-,39-,40-,41-,42-/m0/s1. The molecule has 3 aromatic rings. The molecule has 1 heterocycles. The minimum absolute atomic E-state index is 0.0398. The Hall–Kier alpha value is -7.62. The third-order valence-corrected chi connectivity index (χ3v) is 12.1. The van der Waals surface area contributed by atoms with Crippen LogP contribution in [0.1, 0.15) is 82.9 Å². The number of rotatable bonds is 30. The molecule has 3 rings (SSSR count). The van der Waals surface area contributed by atoms with Crippen molar-refractivity contribution in [1.29, 1.82) is 5.41 Å². The van der Waals surface area contributed by atoms with Crippen molar-refractivity contribution in [2.75, 3.05) is 27.2 Å². The monoisotopic (exact) mass is 1010 g/mol. The molecule has 1 aromatic heterocycles. The van der Waals surface area contributed by atoms with Crippen LogP contribution in [0.25, 0.3) is 0 Å². The van der Waals surface area contributed by atoms with Gasteiger partial charge in [-0.05, 0) is 85.9 Å². The van der Waals surface area contributed by atoms with E-state index in [0.717, 1.165) is 10.5 Å². The second-order valence-electron chi connectivity index (χ2n) is 18.5. The fraction of sp³-hybridized carbons (Fsp3) is 0.490. The second kappa shape index (κ2) is 30.3. The smallest absolute Gasteiger partial charge is 0.245 e. The molecule has 73 heavy (non-hydrogen) atoms. The quantitative estimate of drug-likeness (QED) is 0.0236. The molecule has 0 aliphatic heterocycles. The molecule has 8 amide bonds. The predicted molar refractivity (Wildman–Crippen MR) is 275 cm³/mol. The first-order valence-electron chi connectivity index (χ1n) is 24.5. The van der Waals surface area contributed by atoms with E-state index in [4.69, 9.17) is 22.6 Å². The molecule has 398 valence electrons. The van der Waals surface area contributed by atoms with E-state index < -0.39 is 96.1 Å². The fourth-order valence-electron chi connectivity index (χ4n) is 7.77. The average molecular weight is 1010 g/mol. The maximum atomic E-state index is 14.6. The highest BCUT2D eigenvalue weighted by atomic mass is 16.3. The Kier molecular flexibility index (Phi) is 24.8. The molecule has 22 nitrogen and oxygen atoms in total. The molecular weight excluding hydrogens is 939 g/mol. The maximum Gasteiger partial charge on any atom is 0.245 e. The van der Waals surface area contributed by atoms with Crippen LogP contribution >= 0.6 is 0 Å². The Bertz CT molecular complexity index is 2300. The van der Waals surface area contributed by atoms with Crippen molar-refractivity contribution < 1.29 is 43.5 Å². The molecule has 0 unspecified atom stereocenters. The topological polar surface area (TPSA) is 350 Å².